The average molecular weight is 244 g/mol. The maximum absolute atomic E-state index is 6.10. The van der Waals surface area contributed by atoms with E-state index in [0.29, 0.717) is 0 Å². The molecule has 0 atom stereocenters. The molecule has 86 valence electrons. The van der Waals surface area contributed by atoms with E-state index in [2.05, 4.69) is 42.6 Å². The maximum atomic E-state index is 6.10. The van der Waals surface area contributed by atoms with Crippen molar-refractivity contribution in [1.29, 1.82) is 0 Å². The fourth-order valence-corrected chi connectivity index (χ4v) is 2.65. The number of hydrogen-bond acceptors (Lipinski definition) is 1. The lowest BCUT2D eigenvalue weighted by atomic mass is 9.95. The van der Waals surface area contributed by atoms with Crippen LogP contribution in [0.15, 0.2) is 36.4 Å². The Morgan fingerprint density at radius 3 is 2.88 bits per heavy atom. The zero-order valence-electron chi connectivity index (χ0n) is 9.76. The molecule has 1 aliphatic rings. The lowest BCUT2D eigenvalue weighted by Gasteiger charge is -2.11. The van der Waals surface area contributed by atoms with Crippen molar-refractivity contribution in [2.45, 2.75) is 13.3 Å². The van der Waals surface area contributed by atoms with Crippen LogP contribution in [-0.2, 0) is 6.42 Å². The summed E-state index contributed by atoms with van der Waals surface area (Å²) in [4.78, 5) is 0. The summed E-state index contributed by atoms with van der Waals surface area (Å²) >= 11 is 6.10. The quantitative estimate of drug-likeness (QED) is 0.788. The first-order valence-electron chi connectivity index (χ1n) is 5.88. The summed E-state index contributed by atoms with van der Waals surface area (Å²) in [5.41, 5.74) is 6.51. The molecule has 2 aromatic rings. The third kappa shape index (κ3) is 1.81. The van der Waals surface area contributed by atoms with Gasteiger partial charge in [-0.1, -0.05) is 29.8 Å². The molecular formula is C15H14ClN. The van der Waals surface area contributed by atoms with Crippen LogP contribution < -0.4 is 5.32 Å². The maximum Gasteiger partial charge on any atom is 0.0412 e. The Labute approximate surface area is 106 Å². The number of nitrogens with one attached hydrogen (secondary N) is 1. The van der Waals surface area contributed by atoms with E-state index in [1.165, 1.54) is 27.9 Å². The minimum Gasteiger partial charge on any atom is -0.384 e. The number of anilines is 1. The van der Waals surface area contributed by atoms with E-state index in [4.69, 9.17) is 11.6 Å². The van der Waals surface area contributed by atoms with E-state index in [0.717, 1.165) is 18.0 Å². The minimum atomic E-state index is 0.800. The topological polar surface area (TPSA) is 12.0 Å². The van der Waals surface area contributed by atoms with Gasteiger partial charge in [0, 0.05) is 17.3 Å². The molecule has 0 radical (unpaired) electrons. The monoisotopic (exact) mass is 243 g/mol. The number of halogens is 1. The lowest BCUT2D eigenvalue weighted by Crippen LogP contribution is -1.90. The molecule has 2 aromatic carbocycles. The van der Waals surface area contributed by atoms with Gasteiger partial charge in [-0.05, 0) is 53.8 Å². The fraction of sp³-hybridized carbons (Fsp3) is 0.200. The Bertz CT molecular complexity index is 575. The molecule has 1 nitrogen and oxygen atoms in total. The van der Waals surface area contributed by atoms with Gasteiger partial charge in [-0.2, -0.15) is 0 Å². The molecule has 1 aliphatic heterocycles. The number of fused-ring (bicyclic) bond motifs is 1. The molecule has 17 heavy (non-hydrogen) atoms. The molecule has 0 saturated carbocycles. The van der Waals surface area contributed by atoms with Crippen LogP contribution in [0.5, 0.6) is 0 Å². The minimum absolute atomic E-state index is 0.800. The zero-order valence-corrected chi connectivity index (χ0v) is 10.5. The smallest absolute Gasteiger partial charge is 0.0412 e. The van der Waals surface area contributed by atoms with Crippen molar-refractivity contribution in [3.63, 3.8) is 0 Å². The van der Waals surface area contributed by atoms with Gasteiger partial charge < -0.3 is 5.32 Å². The van der Waals surface area contributed by atoms with Gasteiger partial charge in [0.25, 0.3) is 0 Å². The first kappa shape index (κ1) is 10.7. The molecule has 2 heteroatoms. The van der Waals surface area contributed by atoms with Crippen molar-refractivity contribution in [3.05, 3.63) is 52.5 Å². The largest absolute Gasteiger partial charge is 0.384 e. The highest BCUT2D eigenvalue weighted by molar-refractivity contribution is 6.30. The van der Waals surface area contributed by atoms with Crippen LogP contribution in [-0.4, -0.2) is 6.54 Å². The van der Waals surface area contributed by atoms with Crippen molar-refractivity contribution in [2.75, 3.05) is 11.9 Å². The molecular weight excluding hydrogens is 230 g/mol. The molecule has 0 aliphatic carbocycles. The number of hydrogen-bond donors (Lipinski definition) is 1. The van der Waals surface area contributed by atoms with E-state index in [1.807, 2.05) is 6.07 Å². The van der Waals surface area contributed by atoms with Crippen molar-refractivity contribution in [2.24, 2.45) is 0 Å². The van der Waals surface area contributed by atoms with E-state index >= 15 is 0 Å². The summed E-state index contributed by atoms with van der Waals surface area (Å²) in [6, 6.07) is 12.5. The lowest BCUT2D eigenvalue weighted by molar-refractivity contribution is 1.11. The molecule has 0 bridgehead atoms. The van der Waals surface area contributed by atoms with Gasteiger partial charge in [0.15, 0.2) is 0 Å². The summed E-state index contributed by atoms with van der Waals surface area (Å²) in [6.45, 7) is 3.17. The van der Waals surface area contributed by atoms with Crippen LogP contribution in [0.4, 0.5) is 5.69 Å². The van der Waals surface area contributed by atoms with Crippen LogP contribution in [0.3, 0.4) is 0 Å². The molecule has 0 amide bonds. The molecule has 3 rings (SSSR count). The average Bonchev–Trinajstić information content (AvgIpc) is 2.80. The van der Waals surface area contributed by atoms with Gasteiger partial charge in [-0.25, -0.2) is 0 Å². The number of aryl methyl sites for hydroxylation is 1. The Hall–Kier alpha value is -1.47. The Kier molecular flexibility index (Phi) is 2.56. The van der Waals surface area contributed by atoms with Gasteiger partial charge in [-0.3, -0.25) is 0 Å². The predicted octanol–water partition coefficient (Wildman–Crippen LogP) is 4.28. The highest BCUT2D eigenvalue weighted by Crippen LogP contribution is 2.35. The summed E-state index contributed by atoms with van der Waals surface area (Å²) in [7, 11) is 0. The Morgan fingerprint density at radius 1 is 1.12 bits per heavy atom. The summed E-state index contributed by atoms with van der Waals surface area (Å²) < 4.78 is 0. The molecule has 1 heterocycles. The normalized spacial score (nSPS) is 13.3. The van der Waals surface area contributed by atoms with E-state index in [9.17, 15) is 0 Å². The Morgan fingerprint density at radius 2 is 2.00 bits per heavy atom. The van der Waals surface area contributed by atoms with Gasteiger partial charge >= 0.3 is 0 Å². The van der Waals surface area contributed by atoms with Crippen molar-refractivity contribution in [3.8, 4) is 11.1 Å². The number of rotatable bonds is 1. The third-order valence-electron chi connectivity index (χ3n) is 3.36. The van der Waals surface area contributed by atoms with Crippen molar-refractivity contribution >= 4 is 17.3 Å². The molecule has 1 N–H and O–H groups in total. The molecule has 0 fully saturated rings. The third-order valence-corrected chi connectivity index (χ3v) is 3.59. The summed E-state index contributed by atoms with van der Waals surface area (Å²) in [5.74, 6) is 0. The second kappa shape index (κ2) is 4.08. The van der Waals surface area contributed by atoms with Crippen LogP contribution in [0, 0.1) is 6.92 Å². The fourth-order valence-electron chi connectivity index (χ4n) is 2.48. The molecule has 0 unspecified atom stereocenters. The van der Waals surface area contributed by atoms with E-state index < -0.39 is 0 Å². The van der Waals surface area contributed by atoms with E-state index in [-0.39, 0.29) is 0 Å². The first-order chi connectivity index (χ1) is 8.25. The second-order valence-corrected chi connectivity index (χ2v) is 4.90. The predicted molar refractivity (Wildman–Crippen MR) is 73.8 cm³/mol. The van der Waals surface area contributed by atoms with Gasteiger partial charge in [0.2, 0.25) is 0 Å². The standard InChI is InChI=1S/C15H14ClN/c1-10-5-6-11(16)9-14(10)12-3-2-4-15-13(12)7-8-17-15/h2-6,9,17H,7-8H2,1H3. The summed E-state index contributed by atoms with van der Waals surface area (Å²) in [6.07, 6.45) is 1.09. The highest BCUT2D eigenvalue weighted by atomic mass is 35.5. The summed E-state index contributed by atoms with van der Waals surface area (Å²) in [5, 5.41) is 4.21. The first-order valence-corrected chi connectivity index (χ1v) is 6.26. The van der Waals surface area contributed by atoms with E-state index in [1.54, 1.807) is 0 Å². The van der Waals surface area contributed by atoms with Gasteiger partial charge in [0.05, 0.1) is 0 Å². The second-order valence-electron chi connectivity index (χ2n) is 4.47. The SMILES string of the molecule is Cc1ccc(Cl)cc1-c1cccc2c1CCN2. The van der Waals surface area contributed by atoms with Gasteiger partial charge in [-0.15, -0.1) is 0 Å². The van der Waals surface area contributed by atoms with Crippen LogP contribution in [0.25, 0.3) is 11.1 Å². The van der Waals surface area contributed by atoms with Crippen molar-refractivity contribution < 1.29 is 0 Å². The zero-order chi connectivity index (χ0) is 11.8. The van der Waals surface area contributed by atoms with Crippen molar-refractivity contribution in [1.82, 2.24) is 0 Å². The Balaban J connectivity index is 2.22. The molecule has 0 saturated heterocycles. The van der Waals surface area contributed by atoms with Crippen LogP contribution in [0.2, 0.25) is 5.02 Å². The highest BCUT2D eigenvalue weighted by Gasteiger charge is 2.15. The van der Waals surface area contributed by atoms with Crippen LogP contribution in [0.1, 0.15) is 11.1 Å². The molecule has 0 aromatic heterocycles. The van der Waals surface area contributed by atoms with Gasteiger partial charge in [0.1, 0.15) is 0 Å². The van der Waals surface area contributed by atoms with Crippen LogP contribution >= 0.6 is 11.6 Å². The number of benzene rings is 2. The molecule has 0 spiro atoms.